The van der Waals surface area contributed by atoms with Crippen LogP contribution >= 0.6 is 0 Å². The molecule has 0 spiro atoms. The second-order valence-corrected chi connectivity index (χ2v) is 4.19. The number of nitrogens with two attached hydrogens (primary N) is 1. The minimum absolute atomic E-state index is 0.0423. The van der Waals surface area contributed by atoms with Crippen molar-refractivity contribution in [2.75, 3.05) is 13.1 Å². The molecule has 3 heteroatoms. The summed E-state index contributed by atoms with van der Waals surface area (Å²) < 4.78 is 0. The van der Waals surface area contributed by atoms with Crippen LogP contribution in [0.15, 0.2) is 11.6 Å². The molecule has 1 heterocycles. The molecule has 1 rings (SSSR count). The molecule has 14 heavy (non-hydrogen) atoms. The van der Waals surface area contributed by atoms with Crippen LogP contribution in [0.1, 0.15) is 33.1 Å². The molecule has 0 aliphatic carbocycles. The van der Waals surface area contributed by atoms with Crippen molar-refractivity contribution < 1.29 is 4.79 Å². The number of rotatable bonds is 3. The second-order valence-electron chi connectivity index (χ2n) is 4.19. The normalized spacial score (nSPS) is 23.1. The van der Waals surface area contributed by atoms with Crippen molar-refractivity contribution in [3.05, 3.63) is 11.6 Å². The molecule has 1 unspecified atom stereocenters. The minimum Gasteiger partial charge on any atom is -0.368 e. The largest absolute Gasteiger partial charge is 0.368 e. The van der Waals surface area contributed by atoms with Gasteiger partial charge in [0.05, 0.1) is 6.04 Å². The summed E-state index contributed by atoms with van der Waals surface area (Å²) in [7, 11) is 0. The van der Waals surface area contributed by atoms with Gasteiger partial charge in [0.1, 0.15) is 0 Å². The molecule has 1 atom stereocenters. The van der Waals surface area contributed by atoms with Crippen molar-refractivity contribution in [2.45, 2.75) is 39.2 Å². The van der Waals surface area contributed by atoms with Gasteiger partial charge < -0.3 is 5.73 Å². The average Bonchev–Trinajstić information content (AvgIpc) is 2.15. The van der Waals surface area contributed by atoms with E-state index in [9.17, 15) is 4.79 Å². The predicted molar refractivity (Wildman–Crippen MR) is 57.8 cm³/mol. The van der Waals surface area contributed by atoms with Crippen molar-refractivity contribution in [1.82, 2.24) is 4.90 Å². The fourth-order valence-corrected chi connectivity index (χ4v) is 1.83. The molecule has 2 N–H and O–H groups in total. The Morgan fingerprint density at radius 1 is 1.50 bits per heavy atom. The number of carbonyl (C=O) groups is 1. The molecule has 0 radical (unpaired) electrons. The van der Waals surface area contributed by atoms with Crippen LogP contribution in [0, 0.1) is 0 Å². The topological polar surface area (TPSA) is 46.3 Å². The van der Waals surface area contributed by atoms with Crippen LogP contribution in [0.4, 0.5) is 0 Å². The van der Waals surface area contributed by atoms with Crippen molar-refractivity contribution >= 4 is 5.91 Å². The number of nitrogens with zero attached hydrogens (tertiary/aromatic N) is 1. The van der Waals surface area contributed by atoms with Gasteiger partial charge in [-0.15, -0.1) is 0 Å². The Labute approximate surface area is 86.0 Å². The van der Waals surface area contributed by atoms with Crippen LogP contribution in [0.25, 0.3) is 0 Å². The van der Waals surface area contributed by atoms with Gasteiger partial charge in [-0.3, -0.25) is 9.69 Å². The van der Waals surface area contributed by atoms with Crippen molar-refractivity contribution in [2.24, 2.45) is 5.73 Å². The lowest BCUT2D eigenvalue weighted by Gasteiger charge is -2.32. The number of hydrogen-bond acceptors (Lipinski definition) is 2. The molecule has 0 aromatic rings. The Hall–Kier alpha value is -0.830. The van der Waals surface area contributed by atoms with Crippen molar-refractivity contribution in [1.29, 1.82) is 0 Å². The summed E-state index contributed by atoms with van der Waals surface area (Å²) in [6.45, 7) is 6.00. The summed E-state index contributed by atoms with van der Waals surface area (Å²) in [6, 6.07) is -0.0423. The number of piperidine rings is 1. The van der Waals surface area contributed by atoms with Crippen molar-refractivity contribution in [3.63, 3.8) is 0 Å². The maximum atomic E-state index is 11.2. The Morgan fingerprint density at radius 3 is 2.79 bits per heavy atom. The number of primary amides is 1. The first-order valence-electron chi connectivity index (χ1n) is 5.28. The smallest absolute Gasteiger partial charge is 0.234 e. The van der Waals surface area contributed by atoms with E-state index in [1.807, 2.05) is 0 Å². The Bertz CT molecular complexity index is 231. The molecule has 1 fully saturated rings. The molecular formula is C11H20N2O. The third-order valence-electron chi connectivity index (χ3n) is 2.68. The van der Waals surface area contributed by atoms with Gasteiger partial charge in [0.2, 0.25) is 5.91 Å². The van der Waals surface area contributed by atoms with E-state index in [-0.39, 0.29) is 11.9 Å². The SMILES string of the molecule is CC(C)=CCN1CCCCC1C(N)=O. The molecule has 0 bridgehead atoms. The van der Waals surface area contributed by atoms with Gasteiger partial charge in [-0.25, -0.2) is 0 Å². The first-order valence-corrected chi connectivity index (χ1v) is 5.28. The molecule has 0 aromatic carbocycles. The molecule has 1 saturated heterocycles. The summed E-state index contributed by atoms with van der Waals surface area (Å²) in [6.07, 6.45) is 5.38. The molecule has 1 amide bonds. The molecule has 80 valence electrons. The van der Waals surface area contributed by atoms with Gasteiger partial charge in [-0.2, -0.15) is 0 Å². The lowest BCUT2D eigenvalue weighted by atomic mass is 10.0. The maximum absolute atomic E-state index is 11.2. The number of allylic oxidation sites excluding steroid dienone is 1. The Morgan fingerprint density at radius 2 is 2.21 bits per heavy atom. The lowest BCUT2D eigenvalue weighted by molar-refractivity contribution is -0.124. The number of amides is 1. The van der Waals surface area contributed by atoms with Gasteiger partial charge in [0.15, 0.2) is 0 Å². The quantitative estimate of drug-likeness (QED) is 0.691. The van der Waals surface area contributed by atoms with E-state index in [1.54, 1.807) is 0 Å². The zero-order chi connectivity index (χ0) is 10.6. The first kappa shape index (κ1) is 11.2. The summed E-state index contributed by atoms with van der Waals surface area (Å²) in [5.41, 5.74) is 6.65. The summed E-state index contributed by atoms with van der Waals surface area (Å²) in [5, 5.41) is 0. The number of carbonyl (C=O) groups excluding carboxylic acids is 1. The highest BCUT2D eigenvalue weighted by molar-refractivity contribution is 5.79. The predicted octanol–water partition coefficient (Wildman–Crippen LogP) is 1.29. The maximum Gasteiger partial charge on any atom is 0.234 e. The number of likely N-dealkylation sites (tertiary alicyclic amines) is 1. The molecule has 1 aliphatic rings. The molecule has 3 nitrogen and oxygen atoms in total. The highest BCUT2D eigenvalue weighted by atomic mass is 16.1. The fourth-order valence-electron chi connectivity index (χ4n) is 1.83. The summed E-state index contributed by atoms with van der Waals surface area (Å²) >= 11 is 0. The highest BCUT2D eigenvalue weighted by Gasteiger charge is 2.25. The van der Waals surface area contributed by atoms with Crippen molar-refractivity contribution in [3.8, 4) is 0 Å². The van der Waals surface area contributed by atoms with Gasteiger partial charge in [-0.1, -0.05) is 18.1 Å². The van der Waals surface area contributed by atoms with Gasteiger partial charge in [0.25, 0.3) is 0 Å². The molecule has 1 aliphatic heterocycles. The van der Waals surface area contributed by atoms with E-state index in [0.717, 1.165) is 25.9 Å². The van der Waals surface area contributed by atoms with Crippen LogP contribution in [-0.2, 0) is 4.79 Å². The third kappa shape index (κ3) is 3.14. The lowest BCUT2D eigenvalue weighted by Crippen LogP contribution is -2.47. The van der Waals surface area contributed by atoms with Crippen LogP contribution in [0.5, 0.6) is 0 Å². The van der Waals surface area contributed by atoms with Gasteiger partial charge in [-0.05, 0) is 33.2 Å². The summed E-state index contributed by atoms with van der Waals surface area (Å²) in [4.78, 5) is 13.3. The Balaban J connectivity index is 2.54. The van der Waals surface area contributed by atoms with Crippen LogP contribution in [0.2, 0.25) is 0 Å². The molecule has 0 saturated carbocycles. The zero-order valence-corrected chi connectivity index (χ0v) is 9.12. The minimum atomic E-state index is -0.174. The Kier molecular flexibility index (Phi) is 4.14. The van der Waals surface area contributed by atoms with Gasteiger partial charge >= 0.3 is 0 Å². The first-order chi connectivity index (χ1) is 6.61. The van der Waals surface area contributed by atoms with E-state index in [2.05, 4.69) is 24.8 Å². The average molecular weight is 196 g/mol. The molecule has 0 aromatic heterocycles. The monoisotopic (exact) mass is 196 g/mol. The summed E-state index contributed by atoms with van der Waals surface area (Å²) in [5.74, 6) is -0.174. The van der Waals surface area contributed by atoms with Crippen LogP contribution in [0.3, 0.4) is 0 Å². The van der Waals surface area contributed by atoms with E-state index < -0.39 is 0 Å². The van der Waals surface area contributed by atoms with Gasteiger partial charge in [0, 0.05) is 6.54 Å². The third-order valence-corrected chi connectivity index (χ3v) is 2.68. The van der Waals surface area contributed by atoms with Crippen LogP contribution < -0.4 is 5.73 Å². The highest BCUT2D eigenvalue weighted by Crippen LogP contribution is 2.16. The fraction of sp³-hybridized carbons (Fsp3) is 0.727. The second kappa shape index (κ2) is 5.15. The van der Waals surface area contributed by atoms with Crippen LogP contribution in [-0.4, -0.2) is 29.9 Å². The standard InChI is InChI=1S/C11H20N2O/c1-9(2)6-8-13-7-4-3-5-10(13)11(12)14/h6,10H,3-5,7-8H2,1-2H3,(H2,12,14). The number of hydrogen-bond donors (Lipinski definition) is 1. The zero-order valence-electron chi connectivity index (χ0n) is 9.12. The van der Waals surface area contributed by atoms with E-state index in [4.69, 9.17) is 5.73 Å². The van der Waals surface area contributed by atoms with E-state index in [0.29, 0.717) is 0 Å². The van der Waals surface area contributed by atoms with E-state index in [1.165, 1.54) is 12.0 Å². The molecular weight excluding hydrogens is 176 g/mol. The van der Waals surface area contributed by atoms with E-state index >= 15 is 0 Å².